The van der Waals surface area contributed by atoms with Crippen molar-refractivity contribution in [3.05, 3.63) is 12.7 Å². The van der Waals surface area contributed by atoms with Crippen molar-refractivity contribution in [2.24, 2.45) is 5.41 Å². The predicted octanol–water partition coefficient (Wildman–Crippen LogP) is 1.81. The fourth-order valence-corrected chi connectivity index (χ4v) is 0.862. The third kappa shape index (κ3) is 4.08. The summed E-state index contributed by atoms with van der Waals surface area (Å²) >= 11 is 0. The number of rotatable bonds is 5. The molecule has 0 aromatic rings. The van der Waals surface area contributed by atoms with Crippen LogP contribution in [0.4, 0.5) is 0 Å². The molecule has 1 unspecified atom stereocenters. The van der Waals surface area contributed by atoms with E-state index >= 15 is 0 Å². The van der Waals surface area contributed by atoms with E-state index in [2.05, 4.69) is 6.58 Å². The largest absolute Gasteiger partial charge is 0.481 e. The quantitative estimate of drug-likeness (QED) is 0.644. The monoisotopic (exact) mass is 186 g/mol. The first-order valence-corrected chi connectivity index (χ1v) is 4.31. The molecule has 0 aliphatic rings. The molecule has 0 bridgehead atoms. The Morgan fingerprint density at radius 3 is 2.08 bits per heavy atom. The molecule has 0 rings (SSSR count). The second kappa shape index (κ2) is 3.92. The van der Waals surface area contributed by atoms with Crippen LogP contribution in [0.15, 0.2) is 12.7 Å². The van der Waals surface area contributed by atoms with Gasteiger partial charge < -0.3 is 10.2 Å². The molecule has 2 N–H and O–H groups in total. The number of aliphatic carboxylic acids is 1. The van der Waals surface area contributed by atoms with E-state index in [1.807, 2.05) is 0 Å². The van der Waals surface area contributed by atoms with Gasteiger partial charge in [0, 0.05) is 0 Å². The second-order valence-electron chi connectivity index (χ2n) is 4.24. The molecule has 0 aliphatic carbocycles. The molecule has 0 spiro atoms. The van der Waals surface area contributed by atoms with Crippen LogP contribution in [-0.2, 0) is 4.79 Å². The predicted molar refractivity (Wildman–Crippen MR) is 51.5 cm³/mol. The van der Waals surface area contributed by atoms with Gasteiger partial charge in [0.25, 0.3) is 0 Å². The van der Waals surface area contributed by atoms with Crippen molar-refractivity contribution in [2.75, 3.05) is 0 Å². The molecule has 0 fully saturated rings. The van der Waals surface area contributed by atoms with Crippen molar-refractivity contribution >= 4 is 5.97 Å². The van der Waals surface area contributed by atoms with E-state index in [1.165, 1.54) is 6.08 Å². The number of carbonyl (C=O) groups is 1. The molecule has 13 heavy (non-hydrogen) atoms. The van der Waals surface area contributed by atoms with Gasteiger partial charge in [-0.1, -0.05) is 6.08 Å². The molecule has 0 amide bonds. The van der Waals surface area contributed by atoms with Crippen molar-refractivity contribution in [1.82, 2.24) is 0 Å². The number of aliphatic hydroxyl groups is 1. The molecule has 3 heteroatoms. The van der Waals surface area contributed by atoms with E-state index in [4.69, 9.17) is 5.11 Å². The van der Waals surface area contributed by atoms with Crippen LogP contribution in [0.3, 0.4) is 0 Å². The summed E-state index contributed by atoms with van der Waals surface area (Å²) in [6, 6.07) is 0. The zero-order valence-corrected chi connectivity index (χ0v) is 8.50. The molecule has 76 valence electrons. The summed E-state index contributed by atoms with van der Waals surface area (Å²) < 4.78 is 0. The Bertz CT molecular complexity index is 203. The summed E-state index contributed by atoms with van der Waals surface area (Å²) in [6.07, 6.45) is 2.26. The molecular weight excluding hydrogens is 168 g/mol. The molecule has 0 aromatic carbocycles. The van der Waals surface area contributed by atoms with Gasteiger partial charge in [-0.25, -0.2) is 0 Å². The first-order valence-electron chi connectivity index (χ1n) is 4.31. The van der Waals surface area contributed by atoms with Crippen LogP contribution in [0.2, 0.25) is 0 Å². The first-order chi connectivity index (χ1) is 5.71. The van der Waals surface area contributed by atoms with Gasteiger partial charge in [0.05, 0.1) is 11.0 Å². The topological polar surface area (TPSA) is 57.5 Å². The minimum Gasteiger partial charge on any atom is -0.481 e. The fourth-order valence-electron chi connectivity index (χ4n) is 0.862. The standard InChI is InChI=1S/C10H18O3/c1-5-10(4,8(11)12)7-6-9(2,3)13/h5,13H,1,6-7H2,2-4H3,(H,11,12). The van der Waals surface area contributed by atoms with Gasteiger partial charge in [-0.15, -0.1) is 6.58 Å². The normalized spacial score (nSPS) is 16.3. The van der Waals surface area contributed by atoms with Gasteiger partial charge in [0.15, 0.2) is 0 Å². The summed E-state index contributed by atoms with van der Waals surface area (Å²) in [5.74, 6) is -0.897. The molecule has 0 radical (unpaired) electrons. The highest BCUT2D eigenvalue weighted by molar-refractivity contribution is 5.76. The lowest BCUT2D eigenvalue weighted by atomic mass is 9.82. The molecule has 0 aliphatic heterocycles. The zero-order valence-electron chi connectivity index (χ0n) is 8.50. The third-order valence-corrected chi connectivity index (χ3v) is 2.20. The van der Waals surface area contributed by atoms with Crippen LogP contribution in [-0.4, -0.2) is 21.8 Å². The lowest BCUT2D eigenvalue weighted by Gasteiger charge is -2.25. The van der Waals surface area contributed by atoms with E-state index in [0.29, 0.717) is 12.8 Å². The van der Waals surface area contributed by atoms with Crippen molar-refractivity contribution in [2.45, 2.75) is 39.2 Å². The highest BCUT2D eigenvalue weighted by atomic mass is 16.4. The first kappa shape index (κ1) is 12.2. The summed E-state index contributed by atoms with van der Waals surface area (Å²) in [5, 5.41) is 18.3. The highest BCUT2D eigenvalue weighted by Gasteiger charge is 2.31. The summed E-state index contributed by atoms with van der Waals surface area (Å²) in [6.45, 7) is 8.43. The average Bonchev–Trinajstić information content (AvgIpc) is 1.98. The number of hydrogen-bond acceptors (Lipinski definition) is 2. The zero-order chi connectivity index (χ0) is 10.7. The summed E-state index contributed by atoms with van der Waals surface area (Å²) in [7, 11) is 0. The Morgan fingerprint density at radius 2 is 1.85 bits per heavy atom. The maximum Gasteiger partial charge on any atom is 0.313 e. The van der Waals surface area contributed by atoms with E-state index < -0.39 is 17.0 Å². The number of carboxylic acids is 1. The summed E-state index contributed by atoms with van der Waals surface area (Å²) in [4.78, 5) is 10.8. The van der Waals surface area contributed by atoms with E-state index in [0.717, 1.165) is 0 Å². The maximum atomic E-state index is 10.8. The molecule has 0 heterocycles. The van der Waals surface area contributed by atoms with Gasteiger partial charge in [0.1, 0.15) is 0 Å². The Balaban J connectivity index is 4.31. The molecular formula is C10H18O3. The lowest BCUT2D eigenvalue weighted by Crippen LogP contribution is -2.29. The molecule has 1 atom stereocenters. The van der Waals surface area contributed by atoms with E-state index in [9.17, 15) is 9.90 Å². The SMILES string of the molecule is C=CC(C)(CCC(C)(C)O)C(=O)O. The van der Waals surface area contributed by atoms with Crippen LogP contribution in [0.1, 0.15) is 33.6 Å². The highest BCUT2D eigenvalue weighted by Crippen LogP contribution is 2.28. The van der Waals surface area contributed by atoms with E-state index in [1.54, 1.807) is 20.8 Å². The molecule has 0 aromatic heterocycles. The van der Waals surface area contributed by atoms with Crippen LogP contribution < -0.4 is 0 Å². The maximum absolute atomic E-state index is 10.8. The Kier molecular flexibility index (Phi) is 3.67. The lowest BCUT2D eigenvalue weighted by molar-refractivity contribution is -0.145. The Labute approximate surface area is 79.1 Å². The van der Waals surface area contributed by atoms with Gasteiger partial charge in [-0.2, -0.15) is 0 Å². The molecule has 0 saturated heterocycles. The third-order valence-electron chi connectivity index (χ3n) is 2.20. The van der Waals surface area contributed by atoms with Gasteiger partial charge >= 0.3 is 5.97 Å². The van der Waals surface area contributed by atoms with Gasteiger partial charge in [-0.3, -0.25) is 4.79 Å². The average molecular weight is 186 g/mol. The van der Waals surface area contributed by atoms with Crippen LogP contribution >= 0.6 is 0 Å². The van der Waals surface area contributed by atoms with Crippen molar-refractivity contribution in [3.8, 4) is 0 Å². The van der Waals surface area contributed by atoms with Crippen LogP contribution in [0.25, 0.3) is 0 Å². The minimum atomic E-state index is -0.931. The van der Waals surface area contributed by atoms with E-state index in [-0.39, 0.29) is 0 Å². The van der Waals surface area contributed by atoms with Crippen molar-refractivity contribution in [3.63, 3.8) is 0 Å². The van der Waals surface area contributed by atoms with Crippen molar-refractivity contribution in [1.29, 1.82) is 0 Å². The van der Waals surface area contributed by atoms with Crippen LogP contribution in [0, 0.1) is 5.41 Å². The number of carboxylic acid groups (broad SMARTS) is 1. The smallest absolute Gasteiger partial charge is 0.313 e. The number of hydrogen-bond donors (Lipinski definition) is 2. The minimum absolute atomic E-state index is 0.398. The Morgan fingerprint density at radius 1 is 1.38 bits per heavy atom. The fraction of sp³-hybridized carbons (Fsp3) is 0.700. The van der Waals surface area contributed by atoms with Gasteiger partial charge in [0.2, 0.25) is 0 Å². The Hall–Kier alpha value is -0.830. The van der Waals surface area contributed by atoms with Crippen LogP contribution in [0.5, 0.6) is 0 Å². The van der Waals surface area contributed by atoms with Gasteiger partial charge in [-0.05, 0) is 33.6 Å². The second-order valence-corrected chi connectivity index (χ2v) is 4.24. The molecule has 3 nitrogen and oxygen atoms in total. The molecule has 0 saturated carbocycles. The van der Waals surface area contributed by atoms with Crippen molar-refractivity contribution < 1.29 is 15.0 Å². The summed E-state index contributed by atoms with van der Waals surface area (Å²) in [5.41, 5.74) is -1.75.